The molecule has 1 atom stereocenters. The third-order valence-electron chi connectivity index (χ3n) is 8.06. The van der Waals surface area contributed by atoms with Gasteiger partial charge in [-0.3, -0.25) is 9.69 Å². The van der Waals surface area contributed by atoms with Gasteiger partial charge in [0.1, 0.15) is 6.10 Å². The van der Waals surface area contributed by atoms with Crippen molar-refractivity contribution in [2.24, 2.45) is 17.3 Å². The number of ether oxygens (including phenoxy) is 1. The lowest BCUT2D eigenvalue weighted by atomic mass is 9.66. The van der Waals surface area contributed by atoms with Crippen molar-refractivity contribution in [3.63, 3.8) is 0 Å². The van der Waals surface area contributed by atoms with Crippen LogP contribution in [0.5, 0.6) is 0 Å². The molecule has 1 aliphatic heterocycles. The molecule has 1 heterocycles. The van der Waals surface area contributed by atoms with Crippen molar-refractivity contribution in [3.05, 3.63) is 96.1 Å². The molecule has 1 saturated heterocycles. The molecule has 4 heteroatoms. The summed E-state index contributed by atoms with van der Waals surface area (Å²) in [5, 5.41) is 9.48. The Morgan fingerprint density at radius 2 is 1.50 bits per heavy atom. The van der Waals surface area contributed by atoms with Crippen LogP contribution in [0.4, 0.5) is 0 Å². The van der Waals surface area contributed by atoms with Crippen molar-refractivity contribution in [1.29, 1.82) is 0 Å². The first-order valence-electron chi connectivity index (χ1n) is 13.6. The number of carbonyl (C=O) groups is 1. The third-order valence-corrected chi connectivity index (χ3v) is 8.06. The molecule has 1 unspecified atom stereocenters. The first-order valence-corrected chi connectivity index (χ1v) is 13.6. The highest BCUT2D eigenvalue weighted by Crippen LogP contribution is 2.43. The molecule has 0 bridgehead atoms. The van der Waals surface area contributed by atoms with Crippen molar-refractivity contribution in [2.45, 2.75) is 64.7 Å². The maximum Gasteiger partial charge on any atom is 0.314 e. The Bertz CT molecular complexity index is 968. The summed E-state index contributed by atoms with van der Waals surface area (Å²) >= 11 is 0. The highest BCUT2D eigenvalue weighted by molar-refractivity contribution is 5.75. The summed E-state index contributed by atoms with van der Waals surface area (Å²) in [7, 11) is 0. The predicted octanol–water partition coefficient (Wildman–Crippen LogP) is 6.89. The fourth-order valence-electron chi connectivity index (χ4n) is 5.96. The van der Waals surface area contributed by atoms with E-state index in [1.54, 1.807) is 0 Å². The second-order valence-electron chi connectivity index (χ2n) is 10.6. The van der Waals surface area contributed by atoms with Gasteiger partial charge in [0.2, 0.25) is 0 Å². The molecule has 192 valence electrons. The van der Waals surface area contributed by atoms with Gasteiger partial charge in [0, 0.05) is 24.5 Å². The topological polar surface area (TPSA) is 49.8 Å². The Morgan fingerprint density at radius 1 is 0.972 bits per heavy atom. The Kier molecular flexibility index (Phi) is 8.81. The van der Waals surface area contributed by atoms with Gasteiger partial charge in [-0.2, -0.15) is 0 Å². The molecule has 1 N–H and O–H groups in total. The molecule has 4 rings (SSSR count). The van der Waals surface area contributed by atoms with Crippen LogP contribution in [0.2, 0.25) is 0 Å². The van der Waals surface area contributed by atoms with E-state index >= 15 is 0 Å². The zero-order valence-electron chi connectivity index (χ0n) is 21.9. The second kappa shape index (κ2) is 12.0. The first kappa shape index (κ1) is 26.4. The zero-order chi connectivity index (χ0) is 25.5. The molecule has 36 heavy (non-hydrogen) atoms. The molecule has 0 amide bonds. The van der Waals surface area contributed by atoms with Crippen LogP contribution in [0.25, 0.3) is 0 Å². The molecule has 1 aliphatic carbocycles. The molecule has 0 aromatic heterocycles. The van der Waals surface area contributed by atoms with E-state index in [4.69, 9.17) is 4.74 Å². The summed E-state index contributed by atoms with van der Waals surface area (Å²) in [5.41, 5.74) is 2.24. The maximum atomic E-state index is 11.5. The van der Waals surface area contributed by atoms with E-state index in [1.165, 1.54) is 11.1 Å². The molecular weight excluding hydrogens is 446 g/mol. The van der Waals surface area contributed by atoms with Gasteiger partial charge in [-0.15, -0.1) is 0 Å². The minimum Gasteiger partial charge on any atom is -0.481 e. The van der Waals surface area contributed by atoms with Crippen LogP contribution in [0.3, 0.4) is 0 Å². The van der Waals surface area contributed by atoms with Crippen LogP contribution >= 0.6 is 0 Å². The van der Waals surface area contributed by atoms with E-state index in [0.29, 0.717) is 12.0 Å². The summed E-state index contributed by atoms with van der Waals surface area (Å²) in [6.07, 6.45) is 12.5. The molecule has 0 radical (unpaired) electrons. The first-order chi connectivity index (χ1) is 17.4. The molecule has 2 aromatic carbocycles. The number of carboxylic acids is 1. The average Bonchev–Trinajstić information content (AvgIpc) is 2.91. The van der Waals surface area contributed by atoms with Gasteiger partial charge < -0.3 is 9.84 Å². The number of likely N-dealkylation sites (tertiary alicyclic amines) is 1. The summed E-state index contributed by atoms with van der Waals surface area (Å²) in [6, 6.07) is 21.4. The van der Waals surface area contributed by atoms with Crippen LogP contribution in [0, 0.1) is 17.3 Å². The SMILES string of the molecule is CCCC(N1CCC(OC(c2ccccc2)c2ccccc2)CC1)C1(C(C)C)C=CC(C(=O)O)C=C1. The second-order valence-corrected chi connectivity index (χ2v) is 10.6. The number of hydrogen-bond donors (Lipinski definition) is 1. The number of aliphatic carboxylic acids is 1. The highest BCUT2D eigenvalue weighted by atomic mass is 16.5. The molecule has 0 spiro atoms. The number of hydrogen-bond acceptors (Lipinski definition) is 3. The van der Waals surface area contributed by atoms with Crippen LogP contribution in [0.1, 0.15) is 63.7 Å². The summed E-state index contributed by atoms with van der Waals surface area (Å²) in [6.45, 7) is 8.75. The van der Waals surface area contributed by atoms with Crippen molar-refractivity contribution in [3.8, 4) is 0 Å². The van der Waals surface area contributed by atoms with Crippen molar-refractivity contribution < 1.29 is 14.6 Å². The average molecular weight is 488 g/mol. The zero-order valence-corrected chi connectivity index (χ0v) is 21.9. The summed E-state index contributed by atoms with van der Waals surface area (Å²) < 4.78 is 6.79. The Morgan fingerprint density at radius 3 is 1.94 bits per heavy atom. The highest BCUT2D eigenvalue weighted by Gasteiger charge is 2.43. The molecule has 2 aliphatic rings. The van der Waals surface area contributed by atoms with E-state index < -0.39 is 11.9 Å². The summed E-state index contributed by atoms with van der Waals surface area (Å²) in [5.74, 6) is -0.923. The van der Waals surface area contributed by atoms with Gasteiger partial charge >= 0.3 is 5.97 Å². The van der Waals surface area contributed by atoms with Gasteiger partial charge in [0.15, 0.2) is 0 Å². The summed E-state index contributed by atoms with van der Waals surface area (Å²) in [4.78, 5) is 14.2. The Balaban J connectivity index is 1.48. The molecule has 2 aromatic rings. The number of benzene rings is 2. The third kappa shape index (κ3) is 5.82. The minimum atomic E-state index is -0.781. The number of carboxylic acid groups (broad SMARTS) is 1. The Labute approximate surface area is 216 Å². The lowest BCUT2D eigenvalue weighted by Gasteiger charge is -2.49. The van der Waals surface area contributed by atoms with E-state index in [0.717, 1.165) is 38.8 Å². The molecule has 1 fully saturated rings. The van der Waals surface area contributed by atoms with Crippen molar-refractivity contribution in [1.82, 2.24) is 4.90 Å². The van der Waals surface area contributed by atoms with Gasteiger partial charge in [-0.25, -0.2) is 0 Å². The molecule has 4 nitrogen and oxygen atoms in total. The Hall–Kier alpha value is -2.69. The largest absolute Gasteiger partial charge is 0.481 e. The standard InChI is InChI=1S/C32H41NO3/c1-4-11-29(32(24(2)3)20-16-27(17-21-32)31(34)35)33-22-18-28(19-23-33)36-30(25-12-7-5-8-13-25)26-14-9-6-10-15-26/h5-10,12-17,20-21,24,27-30H,4,11,18-19,22-23H2,1-3H3,(H,34,35). The monoisotopic (exact) mass is 487 g/mol. The fourth-order valence-corrected chi connectivity index (χ4v) is 5.96. The smallest absolute Gasteiger partial charge is 0.314 e. The van der Waals surface area contributed by atoms with Crippen LogP contribution < -0.4 is 0 Å². The maximum absolute atomic E-state index is 11.5. The van der Waals surface area contributed by atoms with Gasteiger partial charge in [0.05, 0.1) is 12.0 Å². The van der Waals surface area contributed by atoms with Crippen LogP contribution in [0.15, 0.2) is 85.0 Å². The van der Waals surface area contributed by atoms with Crippen molar-refractivity contribution in [2.75, 3.05) is 13.1 Å². The molecule has 0 saturated carbocycles. The number of piperidine rings is 1. The lowest BCUT2D eigenvalue weighted by Crippen LogP contribution is -2.53. The van der Waals surface area contributed by atoms with Gasteiger partial charge in [-0.1, -0.05) is 112 Å². The fraction of sp³-hybridized carbons (Fsp3) is 0.469. The van der Waals surface area contributed by atoms with Crippen LogP contribution in [-0.2, 0) is 9.53 Å². The van der Waals surface area contributed by atoms with Gasteiger partial charge in [-0.05, 0) is 36.3 Å². The normalized spacial score (nSPS) is 23.9. The predicted molar refractivity (Wildman–Crippen MR) is 146 cm³/mol. The van der Waals surface area contributed by atoms with E-state index in [-0.39, 0.29) is 17.6 Å². The number of rotatable bonds is 10. The minimum absolute atomic E-state index is 0.0606. The number of nitrogens with zero attached hydrogens (tertiary/aromatic N) is 1. The lowest BCUT2D eigenvalue weighted by molar-refractivity contribution is -0.138. The van der Waals surface area contributed by atoms with E-state index in [2.05, 4.69) is 98.5 Å². The molecular formula is C32H41NO3. The van der Waals surface area contributed by atoms with Gasteiger partial charge in [0.25, 0.3) is 0 Å². The quantitative estimate of drug-likeness (QED) is 0.371. The van der Waals surface area contributed by atoms with Crippen molar-refractivity contribution >= 4 is 5.97 Å². The van der Waals surface area contributed by atoms with E-state index in [9.17, 15) is 9.90 Å². The van der Waals surface area contributed by atoms with Crippen LogP contribution in [-0.4, -0.2) is 41.2 Å². The van der Waals surface area contributed by atoms with E-state index in [1.807, 2.05) is 12.2 Å².